The van der Waals surface area contributed by atoms with Crippen LogP contribution in [-0.2, 0) is 13.0 Å². The fraction of sp³-hybridized carbons (Fsp3) is 0.143. The monoisotopic (exact) mass is 400 g/mol. The standard InChI is InChI=1S/C21H18Cl2N2O2/c1-13-16(11-17-18(22)3-2-4-19(17)23)20(26)9-10-25(13)12-14-5-7-15(8-6-14)21(24)27/h2-10H,11-12H2,1H3,(H2,24,27). The second kappa shape index (κ2) is 7.99. The van der Waals surface area contributed by atoms with E-state index >= 15 is 0 Å². The summed E-state index contributed by atoms with van der Waals surface area (Å²) in [6.45, 7) is 2.47. The van der Waals surface area contributed by atoms with Crippen molar-refractivity contribution in [2.45, 2.75) is 19.9 Å². The first-order valence-corrected chi connectivity index (χ1v) is 9.13. The first-order chi connectivity index (χ1) is 12.9. The second-order valence-corrected chi connectivity index (χ2v) is 7.12. The van der Waals surface area contributed by atoms with Crippen LogP contribution in [0.5, 0.6) is 0 Å². The van der Waals surface area contributed by atoms with E-state index in [2.05, 4.69) is 0 Å². The Hall–Kier alpha value is -2.56. The lowest BCUT2D eigenvalue weighted by molar-refractivity contribution is 0.100. The number of hydrogen-bond donors (Lipinski definition) is 1. The highest BCUT2D eigenvalue weighted by Crippen LogP contribution is 2.27. The van der Waals surface area contributed by atoms with Gasteiger partial charge >= 0.3 is 0 Å². The molecule has 0 saturated heterocycles. The molecule has 0 spiro atoms. The van der Waals surface area contributed by atoms with Gasteiger partial charge in [0.2, 0.25) is 5.91 Å². The first-order valence-electron chi connectivity index (χ1n) is 8.37. The summed E-state index contributed by atoms with van der Waals surface area (Å²) in [6.07, 6.45) is 2.13. The number of nitrogens with two attached hydrogens (primary N) is 1. The predicted molar refractivity (Wildman–Crippen MR) is 109 cm³/mol. The van der Waals surface area contributed by atoms with Gasteiger partial charge in [-0.05, 0) is 42.3 Å². The van der Waals surface area contributed by atoms with Gasteiger partial charge in [-0.3, -0.25) is 9.59 Å². The maximum Gasteiger partial charge on any atom is 0.248 e. The summed E-state index contributed by atoms with van der Waals surface area (Å²) in [5.41, 5.74) is 8.92. The number of benzene rings is 2. The lowest BCUT2D eigenvalue weighted by Crippen LogP contribution is -2.18. The van der Waals surface area contributed by atoms with E-state index in [4.69, 9.17) is 28.9 Å². The fourth-order valence-corrected chi connectivity index (χ4v) is 3.49. The van der Waals surface area contributed by atoms with Crippen molar-refractivity contribution < 1.29 is 4.79 Å². The highest BCUT2D eigenvalue weighted by Gasteiger charge is 2.13. The van der Waals surface area contributed by atoms with Crippen LogP contribution in [0.25, 0.3) is 0 Å². The molecule has 0 aliphatic heterocycles. The number of aromatic nitrogens is 1. The molecule has 6 heteroatoms. The van der Waals surface area contributed by atoms with Crippen molar-refractivity contribution >= 4 is 29.1 Å². The summed E-state index contributed by atoms with van der Waals surface area (Å²) in [5.74, 6) is -0.458. The number of rotatable bonds is 5. The molecule has 0 atom stereocenters. The molecule has 3 rings (SSSR count). The summed E-state index contributed by atoms with van der Waals surface area (Å²) in [4.78, 5) is 23.6. The molecule has 1 amide bonds. The van der Waals surface area contributed by atoms with Gasteiger partial charge in [0.25, 0.3) is 0 Å². The van der Waals surface area contributed by atoms with Gasteiger partial charge in [0.15, 0.2) is 5.43 Å². The van der Waals surface area contributed by atoms with Gasteiger partial charge in [0, 0.05) is 52.1 Å². The van der Waals surface area contributed by atoms with Crippen LogP contribution in [0.3, 0.4) is 0 Å². The predicted octanol–water partition coefficient (Wildman–Crippen LogP) is 4.20. The molecule has 3 aromatic rings. The molecule has 2 N–H and O–H groups in total. The van der Waals surface area contributed by atoms with Crippen LogP contribution in [0.15, 0.2) is 59.5 Å². The van der Waals surface area contributed by atoms with Crippen molar-refractivity contribution in [3.63, 3.8) is 0 Å². The number of amides is 1. The lowest BCUT2D eigenvalue weighted by atomic mass is 10.0. The summed E-state index contributed by atoms with van der Waals surface area (Å²) < 4.78 is 1.99. The van der Waals surface area contributed by atoms with Crippen molar-refractivity contribution in [1.82, 2.24) is 4.57 Å². The average molecular weight is 401 g/mol. The van der Waals surface area contributed by atoms with E-state index in [0.717, 1.165) is 16.8 Å². The Bertz CT molecular complexity index is 1040. The molecular weight excluding hydrogens is 383 g/mol. The average Bonchev–Trinajstić information content (AvgIpc) is 2.63. The number of pyridine rings is 1. The summed E-state index contributed by atoms with van der Waals surface area (Å²) in [5, 5.41) is 1.08. The van der Waals surface area contributed by atoms with E-state index < -0.39 is 5.91 Å². The molecule has 0 saturated carbocycles. The molecule has 1 aromatic heterocycles. The van der Waals surface area contributed by atoms with E-state index in [9.17, 15) is 9.59 Å². The zero-order chi connectivity index (χ0) is 19.6. The number of carbonyl (C=O) groups excluding carboxylic acids is 1. The Kier molecular flexibility index (Phi) is 5.68. The molecule has 0 fully saturated rings. The van der Waals surface area contributed by atoms with Crippen LogP contribution in [0.4, 0.5) is 0 Å². The van der Waals surface area contributed by atoms with Crippen LogP contribution in [0.1, 0.15) is 32.7 Å². The van der Waals surface area contributed by atoms with Crippen LogP contribution >= 0.6 is 23.2 Å². The second-order valence-electron chi connectivity index (χ2n) is 6.31. The molecule has 4 nitrogen and oxygen atoms in total. The third-order valence-electron chi connectivity index (χ3n) is 4.58. The van der Waals surface area contributed by atoms with Crippen LogP contribution in [0.2, 0.25) is 10.0 Å². The zero-order valence-electron chi connectivity index (χ0n) is 14.7. The highest BCUT2D eigenvalue weighted by molar-refractivity contribution is 6.36. The van der Waals surface area contributed by atoms with Gasteiger partial charge in [-0.25, -0.2) is 0 Å². The van der Waals surface area contributed by atoms with Crippen LogP contribution in [-0.4, -0.2) is 10.5 Å². The van der Waals surface area contributed by atoms with Gasteiger partial charge in [0.1, 0.15) is 0 Å². The van der Waals surface area contributed by atoms with Crippen molar-refractivity contribution in [3.05, 3.63) is 103 Å². The minimum Gasteiger partial charge on any atom is -0.366 e. The molecule has 1 heterocycles. The Labute approximate surface area is 167 Å². The largest absolute Gasteiger partial charge is 0.366 e. The van der Waals surface area contributed by atoms with Crippen molar-refractivity contribution in [2.24, 2.45) is 5.73 Å². The highest BCUT2D eigenvalue weighted by atomic mass is 35.5. The zero-order valence-corrected chi connectivity index (χ0v) is 16.2. The van der Waals surface area contributed by atoms with E-state index in [-0.39, 0.29) is 5.43 Å². The number of hydrogen-bond acceptors (Lipinski definition) is 2. The quantitative estimate of drug-likeness (QED) is 0.697. The lowest BCUT2D eigenvalue weighted by Gasteiger charge is -2.15. The fourth-order valence-electron chi connectivity index (χ4n) is 2.96. The van der Waals surface area contributed by atoms with E-state index in [1.165, 1.54) is 0 Å². The molecule has 0 bridgehead atoms. The molecule has 27 heavy (non-hydrogen) atoms. The third-order valence-corrected chi connectivity index (χ3v) is 5.29. The Morgan fingerprint density at radius 1 is 1.00 bits per heavy atom. The maximum absolute atomic E-state index is 12.4. The SMILES string of the molecule is Cc1c(Cc2c(Cl)cccc2Cl)c(=O)ccn1Cc1ccc(C(N)=O)cc1. The van der Waals surface area contributed by atoms with Gasteiger partial charge in [-0.2, -0.15) is 0 Å². The normalized spacial score (nSPS) is 10.8. The van der Waals surface area contributed by atoms with Crippen molar-refractivity contribution in [2.75, 3.05) is 0 Å². The molecule has 0 unspecified atom stereocenters. The summed E-state index contributed by atoms with van der Waals surface area (Å²) >= 11 is 12.5. The Balaban J connectivity index is 1.94. The van der Waals surface area contributed by atoms with Gasteiger partial charge in [0.05, 0.1) is 0 Å². The number of primary amides is 1. The molecule has 0 aliphatic carbocycles. The Morgan fingerprint density at radius 2 is 1.63 bits per heavy atom. The van der Waals surface area contributed by atoms with Crippen molar-refractivity contribution in [3.8, 4) is 0 Å². The van der Waals surface area contributed by atoms with Gasteiger partial charge in [-0.1, -0.05) is 41.4 Å². The number of carbonyl (C=O) groups is 1. The van der Waals surface area contributed by atoms with E-state index in [0.29, 0.717) is 34.1 Å². The molecular formula is C21H18Cl2N2O2. The third kappa shape index (κ3) is 4.24. The molecule has 0 radical (unpaired) electrons. The van der Waals surface area contributed by atoms with Gasteiger partial charge < -0.3 is 10.3 Å². The number of halogens is 2. The molecule has 0 aliphatic rings. The number of nitrogens with zero attached hydrogens (tertiary/aromatic N) is 1. The topological polar surface area (TPSA) is 65.1 Å². The van der Waals surface area contributed by atoms with Crippen LogP contribution in [0, 0.1) is 6.92 Å². The van der Waals surface area contributed by atoms with E-state index in [1.807, 2.05) is 23.6 Å². The van der Waals surface area contributed by atoms with Crippen molar-refractivity contribution in [1.29, 1.82) is 0 Å². The first kappa shape index (κ1) is 19.2. The Morgan fingerprint density at radius 3 is 2.22 bits per heavy atom. The summed E-state index contributed by atoms with van der Waals surface area (Å²) in [7, 11) is 0. The maximum atomic E-state index is 12.4. The van der Waals surface area contributed by atoms with E-state index in [1.54, 1.807) is 42.6 Å². The minimum atomic E-state index is -0.458. The smallest absolute Gasteiger partial charge is 0.248 e. The minimum absolute atomic E-state index is 0.0520. The van der Waals surface area contributed by atoms with Gasteiger partial charge in [-0.15, -0.1) is 0 Å². The molecule has 2 aromatic carbocycles. The molecule has 138 valence electrons. The summed E-state index contributed by atoms with van der Waals surface area (Å²) in [6, 6.07) is 13.9. The van der Waals surface area contributed by atoms with Crippen LogP contribution < -0.4 is 11.2 Å².